The summed E-state index contributed by atoms with van der Waals surface area (Å²) in [6.45, 7) is -0.249. The molecule has 5 nitrogen and oxygen atoms in total. The van der Waals surface area contributed by atoms with Crippen molar-refractivity contribution in [2.75, 3.05) is 13.7 Å². The van der Waals surface area contributed by atoms with Crippen LogP contribution in [0.1, 0.15) is 0 Å². The molecule has 0 unspecified atom stereocenters. The Balaban J connectivity index is 2.72. The minimum absolute atomic E-state index is 0.249. The zero-order chi connectivity index (χ0) is 9.30. The van der Waals surface area contributed by atoms with Gasteiger partial charge in [-0.2, -0.15) is 0 Å². The van der Waals surface area contributed by atoms with Gasteiger partial charge in [-0.15, -0.1) is 0 Å². The summed E-state index contributed by atoms with van der Waals surface area (Å²) in [4.78, 5) is 0. The van der Waals surface area contributed by atoms with Gasteiger partial charge in [-0.1, -0.05) is 0 Å². The first-order chi connectivity index (χ1) is 5.63. The molecule has 1 fully saturated rings. The SMILES string of the molecule is CN[C@@H]1[C@@H](O)[C@@H](O)[C@H](O)[C@@H]1CO. The average Bonchev–Trinajstić information content (AvgIpc) is 2.29. The lowest BCUT2D eigenvalue weighted by Crippen LogP contribution is -2.41. The Hall–Kier alpha value is -0.200. The third-order valence-electron chi connectivity index (χ3n) is 2.51. The van der Waals surface area contributed by atoms with Crippen molar-refractivity contribution < 1.29 is 20.4 Å². The fourth-order valence-electron chi connectivity index (χ4n) is 1.74. The van der Waals surface area contributed by atoms with Gasteiger partial charge < -0.3 is 25.7 Å². The molecule has 0 bridgehead atoms. The standard InChI is InChI=1S/C7H15NO4/c1-8-4-3(2-9)5(10)7(12)6(4)11/h3-12H,2H2,1H3/t3-,4+,5-,6-,7+/m1/s1. The summed E-state index contributed by atoms with van der Waals surface area (Å²) in [5.74, 6) is -0.500. The molecule has 5 N–H and O–H groups in total. The maximum absolute atomic E-state index is 9.35. The lowest BCUT2D eigenvalue weighted by atomic mass is 10.0. The molecule has 1 aliphatic carbocycles. The van der Waals surface area contributed by atoms with Gasteiger partial charge in [0.15, 0.2) is 0 Å². The van der Waals surface area contributed by atoms with Crippen LogP contribution in [-0.4, -0.2) is 58.4 Å². The van der Waals surface area contributed by atoms with Crippen molar-refractivity contribution in [1.29, 1.82) is 0 Å². The summed E-state index contributed by atoms with van der Waals surface area (Å²) in [5, 5.41) is 39.5. The van der Waals surface area contributed by atoms with Crippen LogP contribution in [0.5, 0.6) is 0 Å². The first-order valence-corrected chi connectivity index (χ1v) is 3.95. The van der Waals surface area contributed by atoms with Crippen molar-refractivity contribution in [3.8, 4) is 0 Å². The molecule has 72 valence electrons. The van der Waals surface area contributed by atoms with Crippen LogP contribution in [0, 0.1) is 5.92 Å². The molecular weight excluding hydrogens is 162 g/mol. The molecule has 12 heavy (non-hydrogen) atoms. The van der Waals surface area contributed by atoms with Crippen molar-refractivity contribution in [3.63, 3.8) is 0 Å². The van der Waals surface area contributed by atoms with Crippen molar-refractivity contribution in [2.45, 2.75) is 24.4 Å². The molecule has 0 radical (unpaired) electrons. The van der Waals surface area contributed by atoms with E-state index < -0.39 is 30.3 Å². The predicted octanol–water partition coefficient (Wildman–Crippen LogP) is -2.72. The first kappa shape index (κ1) is 9.88. The number of hydrogen-bond acceptors (Lipinski definition) is 5. The third kappa shape index (κ3) is 1.34. The Bertz CT molecular complexity index is 138. The minimum atomic E-state index is -1.17. The number of likely N-dealkylation sites (N-methyl/N-ethyl adjacent to an activating group) is 1. The van der Waals surface area contributed by atoms with Crippen molar-refractivity contribution in [3.05, 3.63) is 0 Å². The van der Waals surface area contributed by atoms with E-state index in [1.54, 1.807) is 7.05 Å². The normalized spacial score (nSPS) is 48.2. The first-order valence-electron chi connectivity index (χ1n) is 3.95. The number of aliphatic hydroxyl groups excluding tert-OH is 4. The van der Waals surface area contributed by atoms with E-state index in [4.69, 9.17) is 5.11 Å². The second-order valence-corrected chi connectivity index (χ2v) is 3.13. The zero-order valence-electron chi connectivity index (χ0n) is 6.88. The van der Waals surface area contributed by atoms with Gasteiger partial charge in [-0.3, -0.25) is 0 Å². The highest BCUT2D eigenvalue weighted by Gasteiger charge is 2.47. The highest BCUT2D eigenvalue weighted by atomic mass is 16.4. The smallest absolute Gasteiger partial charge is 0.108 e. The molecule has 0 heterocycles. The molecule has 0 spiro atoms. The van der Waals surface area contributed by atoms with Gasteiger partial charge in [0.25, 0.3) is 0 Å². The Morgan fingerprint density at radius 2 is 1.67 bits per heavy atom. The van der Waals surface area contributed by atoms with Crippen LogP contribution in [0.3, 0.4) is 0 Å². The van der Waals surface area contributed by atoms with Crippen molar-refractivity contribution >= 4 is 0 Å². The number of hydrogen-bond donors (Lipinski definition) is 5. The van der Waals surface area contributed by atoms with Gasteiger partial charge in [0, 0.05) is 12.0 Å². The van der Waals surface area contributed by atoms with Crippen molar-refractivity contribution in [2.24, 2.45) is 5.92 Å². The fourth-order valence-corrected chi connectivity index (χ4v) is 1.74. The lowest BCUT2D eigenvalue weighted by Gasteiger charge is -2.19. The molecule has 1 rings (SSSR count). The number of nitrogens with one attached hydrogen (secondary N) is 1. The van der Waals surface area contributed by atoms with E-state index in [0.29, 0.717) is 0 Å². The van der Waals surface area contributed by atoms with E-state index in [9.17, 15) is 15.3 Å². The van der Waals surface area contributed by atoms with Crippen LogP contribution < -0.4 is 5.32 Å². The van der Waals surface area contributed by atoms with Crippen LogP contribution in [0.2, 0.25) is 0 Å². The van der Waals surface area contributed by atoms with Gasteiger partial charge >= 0.3 is 0 Å². The molecule has 0 aliphatic heterocycles. The van der Waals surface area contributed by atoms with E-state index >= 15 is 0 Å². The van der Waals surface area contributed by atoms with Gasteiger partial charge in [-0.25, -0.2) is 0 Å². The predicted molar refractivity (Wildman–Crippen MR) is 41.4 cm³/mol. The molecule has 1 aliphatic rings. The summed E-state index contributed by atoms with van der Waals surface area (Å²) in [5.41, 5.74) is 0. The Kier molecular flexibility index (Phi) is 3.03. The minimum Gasteiger partial charge on any atom is -0.396 e. The topological polar surface area (TPSA) is 93.0 Å². The van der Waals surface area contributed by atoms with Crippen LogP contribution >= 0.6 is 0 Å². The maximum Gasteiger partial charge on any atom is 0.108 e. The molecule has 0 saturated heterocycles. The van der Waals surface area contributed by atoms with Gasteiger partial charge in [0.05, 0.1) is 18.8 Å². The molecule has 0 aromatic heterocycles. The van der Waals surface area contributed by atoms with E-state index in [-0.39, 0.29) is 6.61 Å². The summed E-state index contributed by atoms with van der Waals surface area (Å²) < 4.78 is 0. The van der Waals surface area contributed by atoms with Crippen LogP contribution in [0.15, 0.2) is 0 Å². The molecule has 1 saturated carbocycles. The molecule has 0 aromatic carbocycles. The summed E-state index contributed by atoms with van der Waals surface area (Å²) in [6.07, 6.45) is -3.23. The number of rotatable bonds is 2. The third-order valence-corrected chi connectivity index (χ3v) is 2.51. The molecular formula is C7H15NO4. The monoisotopic (exact) mass is 177 g/mol. The van der Waals surface area contributed by atoms with E-state index in [1.165, 1.54) is 0 Å². The lowest BCUT2D eigenvalue weighted by molar-refractivity contribution is -0.0310. The molecule has 0 aromatic rings. The second kappa shape index (κ2) is 3.68. The summed E-state index contributed by atoms with van der Waals surface area (Å²) in [7, 11) is 1.61. The Morgan fingerprint density at radius 1 is 1.08 bits per heavy atom. The molecule has 0 amide bonds. The highest BCUT2D eigenvalue weighted by molar-refractivity contribution is 5.01. The largest absolute Gasteiger partial charge is 0.396 e. The van der Waals surface area contributed by atoms with Gasteiger partial charge in [0.2, 0.25) is 0 Å². The fraction of sp³-hybridized carbons (Fsp3) is 1.00. The highest BCUT2D eigenvalue weighted by Crippen LogP contribution is 2.26. The van der Waals surface area contributed by atoms with E-state index in [2.05, 4.69) is 5.32 Å². The molecule has 5 heteroatoms. The van der Waals surface area contributed by atoms with E-state index in [1.807, 2.05) is 0 Å². The average molecular weight is 177 g/mol. The second-order valence-electron chi connectivity index (χ2n) is 3.13. The maximum atomic E-state index is 9.35. The molecule has 5 atom stereocenters. The quantitative estimate of drug-likeness (QED) is 0.316. The van der Waals surface area contributed by atoms with E-state index in [0.717, 1.165) is 0 Å². The number of aliphatic hydroxyl groups is 4. The van der Waals surface area contributed by atoms with Crippen LogP contribution in [-0.2, 0) is 0 Å². The van der Waals surface area contributed by atoms with Gasteiger partial charge in [-0.05, 0) is 7.05 Å². The Labute approximate surface area is 70.6 Å². The van der Waals surface area contributed by atoms with Crippen molar-refractivity contribution in [1.82, 2.24) is 5.32 Å². The summed E-state index contributed by atoms with van der Waals surface area (Å²) >= 11 is 0. The zero-order valence-corrected chi connectivity index (χ0v) is 6.88. The van der Waals surface area contributed by atoms with Gasteiger partial charge in [0.1, 0.15) is 6.10 Å². The Morgan fingerprint density at radius 3 is 2.00 bits per heavy atom. The van der Waals surface area contributed by atoms with Crippen LogP contribution in [0.25, 0.3) is 0 Å². The van der Waals surface area contributed by atoms with Crippen LogP contribution in [0.4, 0.5) is 0 Å². The summed E-state index contributed by atoms with van der Waals surface area (Å²) in [6, 6.07) is -0.444.